The van der Waals surface area contributed by atoms with Gasteiger partial charge in [-0.05, 0) is 59.0 Å². The molecule has 1 saturated heterocycles. The molecule has 5 rings (SSSR count). The molecular formula is C30H28N2O5S. The number of amides is 1. The minimum Gasteiger partial charge on any atom is -0.507 e. The summed E-state index contributed by atoms with van der Waals surface area (Å²) in [7, 11) is 3.14. The normalized spacial score (nSPS) is 17.3. The van der Waals surface area contributed by atoms with Crippen molar-refractivity contribution in [3.63, 3.8) is 0 Å². The van der Waals surface area contributed by atoms with Crippen LogP contribution < -0.4 is 14.4 Å². The summed E-state index contributed by atoms with van der Waals surface area (Å²) in [6.45, 7) is 6.35. The third-order valence-corrected chi connectivity index (χ3v) is 7.71. The lowest BCUT2D eigenvalue weighted by Crippen LogP contribution is -2.29. The number of ketones is 1. The van der Waals surface area contributed by atoms with Crippen LogP contribution in [0, 0.1) is 0 Å². The molecule has 4 aromatic rings. The van der Waals surface area contributed by atoms with Crippen LogP contribution in [0.4, 0.5) is 5.13 Å². The van der Waals surface area contributed by atoms with Gasteiger partial charge < -0.3 is 14.6 Å². The second-order valence-electron chi connectivity index (χ2n) is 10.1. The van der Waals surface area contributed by atoms with Crippen molar-refractivity contribution in [3.05, 3.63) is 89.0 Å². The third kappa shape index (κ3) is 4.41. The summed E-state index contributed by atoms with van der Waals surface area (Å²) in [5.41, 5.74) is 2.85. The molecule has 0 unspecified atom stereocenters. The van der Waals surface area contributed by atoms with E-state index in [0.717, 1.165) is 10.3 Å². The number of hydrogen-bond acceptors (Lipinski definition) is 7. The summed E-state index contributed by atoms with van der Waals surface area (Å²) >= 11 is 1.29. The van der Waals surface area contributed by atoms with Crippen molar-refractivity contribution < 1.29 is 24.2 Å². The van der Waals surface area contributed by atoms with Gasteiger partial charge in [-0.1, -0.05) is 56.4 Å². The summed E-state index contributed by atoms with van der Waals surface area (Å²) in [6.07, 6.45) is 0. The Morgan fingerprint density at radius 2 is 1.55 bits per heavy atom. The van der Waals surface area contributed by atoms with Gasteiger partial charge in [-0.2, -0.15) is 0 Å². The van der Waals surface area contributed by atoms with Crippen LogP contribution in [0.2, 0.25) is 0 Å². The molecule has 0 radical (unpaired) electrons. The van der Waals surface area contributed by atoms with Crippen molar-refractivity contribution in [1.29, 1.82) is 0 Å². The van der Waals surface area contributed by atoms with E-state index in [0.29, 0.717) is 33.3 Å². The number of rotatable bonds is 5. The van der Waals surface area contributed by atoms with Gasteiger partial charge in [-0.3, -0.25) is 14.5 Å². The van der Waals surface area contributed by atoms with Gasteiger partial charge in [0.25, 0.3) is 5.78 Å². The average molecular weight is 529 g/mol. The van der Waals surface area contributed by atoms with Crippen molar-refractivity contribution in [2.45, 2.75) is 32.2 Å². The van der Waals surface area contributed by atoms with E-state index in [-0.39, 0.29) is 16.7 Å². The maximum atomic E-state index is 13.5. The Hall–Kier alpha value is -4.17. The molecule has 2 heterocycles. The van der Waals surface area contributed by atoms with Gasteiger partial charge in [-0.25, -0.2) is 4.98 Å². The van der Waals surface area contributed by atoms with Crippen molar-refractivity contribution >= 4 is 44.1 Å². The number of carbonyl (C=O) groups is 2. The molecule has 8 heteroatoms. The standard InChI is InChI=1S/C30H28N2O5S/c1-30(2,3)19-10-6-17(7-11-19)25-24(26(33)18-8-12-20(36-4)13-9-18)27(34)28(35)32(25)29-31-22-15-14-21(37-5)16-23(22)38-29/h6-16,25,33H,1-5H3/b26-24+/t25-/m1/s1. The maximum absolute atomic E-state index is 13.5. The molecule has 0 aliphatic carbocycles. The number of methoxy groups -OCH3 is 2. The number of nitrogens with zero attached hydrogens (tertiary/aromatic N) is 2. The molecular weight excluding hydrogens is 500 g/mol. The van der Waals surface area contributed by atoms with Crippen LogP contribution >= 0.6 is 11.3 Å². The van der Waals surface area contributed by atoms with Gasteiger partial charge >= 0.3 is 5.91 Å². The van der Waals surface area contributed by atoms with Crippen molar-refractivity contribution in [3.8, 4) is 11.5 Å². The Balaban J connectivity index is 1.69. The predicted molar refractivity (Wildman–Crippen MR) is 149 cm³/mol. The highest BCUT2D eigenvalue weighted by Gasteiger charge is 2.48. The van der Waals surface area contributed by atoms with E-state index >= 15 is 0 Å². The Kier molecular flexibility index (Phi) is 6.44. The van der Waals surface area contributed by atoms with Gasteiger partial charge in [0.1, 0.15) is 17.3 Å². The monoisotopic (exact) mass is 528 g/mol. The van der Waals surface area contributed by atoms with Crippen molar-refractivity contribution in [1.82, 2.24) is 4.98 Å². The van der Waals surface area contributed by atoms with E-state index in [1.807, 2.05) is 36.4 Å². The van der Waals surface area contributed by atoms with Crippen LogP contribution in [0.5, 0.6) is 11.5 Å². The van der Waals surface area contributed by atoms with E-state index in [2.05, 4.69) is 25.8 Å². The van der Waals surface area contributed by atoms with Crippen molar-refractivity contribution in [2.75, 3.05) is 19.1 Å². The van der Waals surface area contributed by atoms with E-state index in [4.69, 9.17) is 9.47 Å². The minimum absolute atomic E-state index is 0.0144. The number of carbonyl (C=O) groups excluding carboxylic acids is 2. The van der Waals surface area contributed by atoms with Crippen LogP contribution in [-0.2, 0) is 15.0 Å². The number of aliphatic hydroxyl groups excluding tert-OH is 1. The van der Waals surface area contributed by atoms with Crippen LogP contribution in [0.25, 0.3) is 16.0 Å². The summed E-state index contributed by atoms with van der Waals surface area (Å²) in [5, 5.41) is 11.7. The van der Waals surface area contributed by atoms with Gasteiger partial charge in [0.05, 0.1) is 36.1 Å². The molecule has 0 spiro atoms. The second kappa shape index (κ2) is 9.61. The quantitative estimate of drug-likeness (QED) is 0.187. The molecule has 7 nitrogen and oxygen atoms in total. The lowest BCUT2D eigenvalue weighted by Gasteiger charge is -2.24. The highest BCUT2D eigenvalue weighted by molar-refractivity contribution is 7.22. The largest absolute Gasteiger partial charge is 0.507 e. The molecule has 1 aromatic heterocycles. The van der Waals surface area contributed by atoms with Crippen LogP contribution in [0.1, 0.15) is 43.5 Å². The number of fused-ring (bicyclic) bond motifs is 1. The van der Waals surface area contributed by atoms with E-state index in [1.54, 1.807) is 44.6 Å². The van der Waals surface area contributed by atoms with Crippen LogP contribution in [0.3, 0.4) is 0 Å². The van der Waals surface area contributed by atoms with E-state index < -0.39 is 17.7 Å². The number of aromatic nitrogens is 1. The Morgan fingerprint density at radius 1 is 0.921 bits per heavy atom. The summed E-state index contributed by atoms with van der Waals surface area (Å²) in [6, 6.07) is 19.1. The third-order valence-electron chi connectivity index (χ3n) is 6.69. The first-order valence-electron chi connectivity index (χ1n) is 12.1. The number of hydrogen-bond donors (Lipinski definition) is 1. The minimum atomic E-state index is -0.853. The van der Waals surface area contributed by atoms with Gasteiger partial charge in [0, 0.05) is 5.56 Å². The number of benzene rings is 3. The number of aliphatic hydroxyl groups is 1. The Bertz CT molecular complexity index is 1560. The molecule has 1 aliphatic rings. The van der Waals surface area contributed by atoms with Gasteiger partial charge in [0.15, 0.2) is 5.13 Å². The first-order valence-corrected chi connectivity index (χ1v) is 12.9. The summed E-state index contributed by atoms with van der Waals surface area (Å²) < 4.78 is 11.4. The fourth-order valence-corrected chi connectivity index (χ4v) is 5.56. The fraction of sp³-hybridized carbons (Fsp3) is 0.233. The first kappa shape index (κ1) is 25.5. The summed E-state index contributed by atoms with van der Waals surface area (Å²) in [5.74, 6) is -0.470. The molecule has 0 bridgehead atoms. The molecule has 1 fully saturated rings. The van der Waals surface area contributed by atoms with Gasteiger partial charge in [-0.15, -0.1) is 0 Å². The highest BCUT2D eigenvalue weighted by atomic mass is 32.1. The zero-order valence-electron chi connectivity index (χ0n) is 21.8. The van der Waals surface area contributed by atoms with E-state index in [1.165, 1.54) is 16.2 Å². The maximum Gasteiger partial charge on any atom is 0.301 e. The number of thiazole rings is 1. The zero-order chi connectivity index (χ0) is 27.2. The predicted octanol–water partition coefficient (Wildman–Crippen LogP) is 6.24. The SMILES string of the molecule is COc1ccc(/C(O)=C2\C(=O)C(=O)N(c3nc4ccc(OC)cc4s3)[C@@H]2c2ccc(C(C)(C)C)cc2)cc1. The first-order chi connectivity index (χ1) is 18.1. The van der Waals surface area contributed by atoms with Crippen molar-refractivity contribution in [2.24, 2.45) is 0 Å². The molecule has 1 atom stereocenters. The molecule has 1 aliphatic heterocycles. The molecule has 1 amide bonds. The molecule has 3 aromatic carbocycles. The molecule has 38 heavy (non-hydrogen) atoms. The molecule has 0 saturated carbocycles. The number of anilines is 1. The highest BCUT2D eigenvalue weighted by Crippen LogP contribution is 2.45. The second-order valence-corrected chi connectivity index (χ2v) is 11.1. The average Bonchev–Trinajstić information content (AvgIpc) is 3.45. The number of Topliss-reactive ketones (excluding diaryl/α,β-unsaturated/α-hetero) is 1. The van der Waals surface area contributed by atoms with Crippen LogP contribution in [-0.4, -0.2) is 36.0 Å². The molecule has 1 N–H and O–H groups in total. The Morgan fingerprint density at radius 3 is 2.16 bits per heavy atom. The summed E-state index contributed by atoms with van der Waals surface area (Å²) in [4.78, 5) is 33.1. The smallest absolute Gasteiger partial charge is 0.301 e. The topological polar surface area (TPSA) is 89.0 Å². The molecule has 194 valence electrons. The fourth-order valence-electron chi connectivity index (χ4n) is 4.54. The lowest BCUT2D eigenvalue weighted by molar-refractivity contribution is -0.132. The van der Waals surface area contributed by atoms with Crippen LogP contribution in [0.15, 0.2) is 72.3 Å². The van der Waals surface area contributed by atoms with E-state index in [9.17, 15) is 14.7 Å². The van der Waals surface area contributed by atoms with Gasteiger partial charge in [0.2, 0.25) is 0 Å². The Labute approximate surface area is 225 Å². The number of ether oxygens (including phenoxy) is 2. The zero-order valence-corrected chi connectivity index (χ0v) is 22.6. The lowest BCUT2D eigenvalue weighted by atomic mass is 9.85.